The van der Waals surface area contributed by atoms with E-state index in [4.69, 9.17) is 16.3 Å². The average molecular weight is 276 g/mol. The van der Waals surface area contributed by atoms with Crippen LogP contribution in [0.4, 0.5) is 0 Å². The maximum Gasteiger partial charge on any atom is 0.214 e. The van der Waals surface area contributed by atoms with Crippen molar-refractivity contribution in [2.75, 3.05) is 0 Å². The van der Waals surface area contributed by atoms with Crippen molar-refractivity contribution in [1.29, 1.82) is 0 Å². The van der Waals surface area contributed by atoms with Crippen molar-refractivity contribution >= 4 is 11.6 Å². The highest BCUT2D eigenvalue weighted by Gasteiger charge is 2.03. The van der Waals surface area contributed by atoms with Gasteiger partial charge in [0.2, 0.25) is 5.88 Å². The molecule has 0 bridgehead atoms. The van der Waals surface area contributed by atoms with E-state index in [1.54, 1.807) is 0 Å². The monoisotopic (exact) mass is 275 g/mol. The number of pyridine rings is 1. The highest BCUT2D eigenvalue weighted by molar-refractivity contribution is 6.17. The minimum absolute atomic E-state index is 0.487. The first kappa shape index (κ1) is 13.9. The lowest BCUT2D eigenvalue weighted by molar-refractivity contribution is 0.292. The molecule has 1 aromatic heterocycles. The number of aromatic nitrogens is 1. The van der Waals surface area contributed by atoms with E-state index in [2.05, 4.69) is 11.9 Å². The van der Waals surface area contributed by atoms with E-state index in [1.165, 1.54) is 0 Å². The van der Waals surface area contributed by atoms with Gasteiger partial charge in [-0.15, -0.1) is 11.6 Å². The lowest BCUT2D eigenvalue weighted by Gasteiger charge is -2.09. The Kier molecular flexibility index (Phi) is 5.22. The first-order valence-electron chi connectivity index (χ1n) is 6.54. The number of ether oxygens (including phenoxy) is 1. The minimum atomic E-state index is 0.487. The molecule has 2 aromatic rings. The predicted octanol–water partition coefficient (Wildman–Crippen LogP) is 4.35. The normalized spacial score (nSPS) is 10.4. The molecule has 0 atom stereocenters. The SMILES string of the molecule is CCCc1cc(CCl)cc(OCc2ccccc2)n1. The van der Waals surface area contributed by atoms with Crippen LogP contribution in [0.25, 0.3) is 0 Å². The summed E-state index contributed by atoms with van der Waals surface area (Å²) in [6.07, 6.45) is 2.02. The van der Waals surface area contributed by atoms with Crippen LogP contribution in [0.15, 0.2) is 42.5 Å². The number of benzene rings is 1. The number of alkyl halides is 1. The van der Waals surface area contributed by atoms with Gasteiger partial charge < -0.3 is 4.74 Å². The molecular formula is C16H18ClNO. The second-order valence-electron chi connectivity index (χ2n) is 4.46. The van der Waals surface area contributed by atoms with E-state index in [9.17, 15) is 0 Å². The third-order valence-electron chi connectivity index (χ3n) is 2.80. The van der Waals surface area contributed by atoms with Gasteiger partial charge in [-0.1, -0.05) is 43.7 Å². The van der Waals surface area contributed by atoms with Gasteiger partial charge in [0.05, 0.1) is 0 Å². The van der Waals surface area contributed by atoms with Crippen LogP contribution in [0.1, 0.15) is 30.2 Å². The molecule has 100 valence electrons. The number of nitrogens with zero attached hydrogens (tertiary/aromatic N) is 1. The van der Waals surface area contributed by atoms with Crippen LogP contribution in [0.5, 0.6) is 5.88 Å². The molecule has 0 aliphatic carbocycles. The fourth-order valence-corrected chi connectivity index (χ4v) is 2.04. The number of halogens is 1. The van der Waals surface area contributed by atoms with Crippen molar-refractivity contribution in [2.24, 2.45) is 0 Å². The highest BCUT2D eigenvalue weighted by Crippen LogP contribution is 2.17. The first-order valence-corrected chi connectivity index (χ1v) is 7.07. The largest absolute Gasteiger partial charge is 0.473 e. The molecule has 1 heterocycles. The molecule has 2 nitrogen and oxygen atoms in total. The maximum absolute atomic E-state index is 5.90. The van der Waals surface area contributed by atoms with Crippen LogP contribution >= 0.6 is 11.6 Å². The Morgan fingerprint density at radius 3 is 2.58 bits per heavy atom. The fourth-order valence-electron chi connectivity index (χ4n) is 1.89. The Labute approximate surface area is 119 Å². The Bertz CT molecular complexity index is 513. The van der Waals surface area contributed by atoms with Crippen LogP contribution in [0, 0.1) is 0 Å². The Morgan fingerprint density at radius 2 is 1.89 bits per heavy atom. The van der Waals surface area contributed by atoms with Crippen molar-refractivity contribution in [3.05, 3.63) is 59.3 Å². The number of aryl methyl sites for hydroxylation is 1. The molecule has 19 heavy (non-hydrogen) atoms. The van der Waals surface area contributed by atoms with Crippen molar-refractivity contribution in [1.82, 2.24) is 4.98 Å². The van der Waals surface area contributed by atoms with Crippen molar-refractivity contribution in [3.63, 3.8) is 0 Å². The summed E-state index contributed by atoms with van der Waals surface area (Å²) in [5.74, 6) is 1.14. The van der Waals surface area contributed by atoms with E-state index in [-0.39, 0.29) is 0 Å². The van der Waals surface area contributed by atoms with Crippen molar-refractivity contribution in [3.8, 4) is 5.88 Å². The predicted molar refractivity (Wildman–Crippen MR) is 78.6 cm³/mol. The topological polar surface area (TPSA) is 22.1 Å². The summed E-state index contributed by atoms with van der Waals surface area (Å²) in [4.78, 5) is 4.51. The van der Waals surface area contributed by atoms with Crippen LogP contribution in [0.2, 0.25) is 0 Å². The lowest BCUT2D eigenvalue weighted by Crippen LogP contribution is -2.00. The summed E-state index contributed by atoms with van der Waals surface area (Å²) in [5, 5.41) is 0. The summed E-state index contributed by atoms with van der Waals surface area (Å²) >= 11 is 5.90. The number of rotatable bonds is 6. The van der Waals surface area contributed by atoms with E-state index in [0.29, 0.717) is 18.4 Å². The molecule has 1 aromatic carbocycles. The van der Waals surface area contributed by atoms with Gasteiger partial charge in [-0.3, -0.25) is 0 Å². The zero-order valence-electron chi connectivity index (χ0n) is 11.1. The Morgan fingerprint density at radius 1 is 1.11 bits per heavy atom. The first-order chi connectivity index (χ1) is 9.31. The van der Waals surface area contributed by atoms with E-state index in [0.717, 1.165) is 29.7 Å². The summed E-state index contributed by atoms with van der Waals surface area (Å²) in [6.45, 7) is 2.67. The van der Waals surface area contributed by atoms with Gasteiger partial charge >= 0.3 is 0 Å². The molecular weight excluding hydrogens is 258 g/mol. The lowest BCUT2D eigenvalue weighted by atomic mass is 10.2. The molecule has 0 saturated heterocycles. The van der Waals surface area contributed by atoms with Crippen molar-refractivity contribution in [2.45, 2.75) is 32.3 Å². The average Bonchev–Trinajstić information content (AvgIpc) is 2.46. The van der Waals surface area contributed by atoms with Gasteiger partial charge in [-0.05, 0) is 23.6 Å². The highest BCUT2D eigenvalue weighted by atomic mass is 35.5. The maximum atomic E-state index is 5.90. The molecule has 2 rings (SSSR count). The summed E-state index contributed by atoms with van der Waals surface area (Å²) in [7, 11) is 0. The molecule has 3 heteroatoms. The number of hydrogen-bond donors (Lipinski definition) is 0. The Balaban J connectivity index is 2.08. The smallest absolute Gasteiger partial charge is 0.214 e. The van der Waals surface area contributed by atoms with Crippen LogP contribution in [-0.2, 0) is 18.9 Å². The van der Waals surface area contributed by atoms with Gasteiger partial charge in [-0.2, -0.15) is 0 Å². The fraction of sp³-hybridized carbons (Fsp3) is 0.312. The van der Waals surface area contributed by atoms with Gasteiger partial charge in [0.25, 0.3) is 0 Å². The standard InChI is InChI=1S/C16H18ClNO/c1-2-6-15-9-14(11-17)10-16(18-15)19-12-13-7-4-3-5-8-13/h3-5,7-10H,2,6,11-12H2,1H3. The molecule has 0 aliphatic rings. The molecule has 0 saturated carbocycles. The van der Waals surface area contributed by atoms with Gasteiger partial charge in [0.1, 0.15) is 6.61 Å². The van der Waals surface area contributed by atoms with Crippen molar-refractivity contribution < 1.29 is 4.74 Å². The van der Waals surface area contributed by atoms with Gasteiger partial charge in [-0.25, -0.2) is 4.98 Å². The molecule has 0 N–H and O–H groups in total. The zero-order chi connectivity index (χ0) is 13.5. The second-order valence-corrected chi connectivity index (χ2v) is 4.73. The zero-order valence-corrected chi connectivity index (χ0v) is 11.9. The molecule has 0 radical (unpaired) electrons. The third-order valence-corrected chi connectivity index (χ3v) is 3.11. The van der Waals surface area contributed by atoms with Gasteiger partial charge in [0, 0.05) is 17.6 Å². The van der Waals surface area contributed by atoms with E-state index >= 15 is 0 Å². The van der Waals surface area contributed by atoms with E-state index < -0.39 is 0 Å². The number of hydrogen-bond acceptors (Lipinski definition) is 2. The van der Waals surface area contributed by atoms with Crippen LogP contribution in [0.3, 0.4) is 0 Å². The molecule has 0 fully saturated rings. The quantitative estimate of drug-likeness (QED) is 0.731. The summed E-state index contributed by atoms with van der Waals surface area (Å²) < 4.78 is 5.75. The second kappa shape index (κ2) is 7.15. The molecule has 0 aliphatic heterocycles. The minimum Gasteiger partial charge on any atom is -0.473 e. The van der Waals surface area contributed by atoms with Crippen LogP contribution < -0.4 is 4.74 Å². The summed E-state index contributed by atoms with van der Waals surface area (Å²) in [5.41, 5.74) is 3.24. The van der Waals surface area contributed by atoms with Crippen LogP contribution in [-0.4, -0.2) is 4.98 Å². The third kappa shape index (κ3) is 4.25. The molecule has 0 amide bonds. The Hall–Kier alpha value is -1.54. The van der Waals surface area contributed by atoms with E-state index in [1.807, 2.05) is 42.5 Å². The summed E-state index contributed by atoms with van der Waals surface area (Å²) in [6, 6.07) is 14.0. The molecule has 0 unspecified atom stereocenters. The van der Waals surface area contributed by atoms with Gasteiger partial charge in [0.15, 0.2) is 0 Å². The molecule has 0 spiro atoms.